The van der Waals surface area contributed by atoms with Gasteiger partial charge in [-0.15, -0.1) is 0 Å². The normalized spacial score (nSPS) is 13.9. The summed E-state index contributed by atoms with van der Waals surface area (Å²) < 4.78 is 150. The van der Waals surface area contributed by atoms with Crippen LogP contribution in [0.2, 0.25) is 0 Å². The smallest absolute Gasteiger partial charge is 0.338 e. The fraction of sp³-hybridized carbons (Fsp3) is 0.261. The van der Waals surface area contributed by atoms with Crippen molar-refractivity contribution in [3.8, 4) is 41.2 Å². The fourth-order valence-electron chi connectivity index (χ4n) is 6.32. The van der Waals surface area contributed by atoms with E-state index in [0.717, 1.165) is 18.2 Å². The first-order chi connectivity index (χ1) is 30.9. The van der Waals surface area contributed by atoms with Crippen LogP contribution in [-0.4, -0.2) is 43.3 Å². The van der Waals surface area contributed by atoms with E-state index in [1.807, 2.05) is 6.07 Å². The minimum absolute atomic E-state index is 0.0111. The standard InChI is InChI=1S/C46H36F8N4O7/c1-6-60-43-38(51)34(47)31(35(48)39(43)52)22-63-28-16-26(17-29(18-28)64-23-32-36(49)40(53)44(61-7-2)41(54)37(32)50)45(59)62-15-12-24(25-10-13-58(5)14-11-25)8-9-33-30(21-57)42(27(19-55)20-56)65-46(33,3)4/h8-11,13-14,16-18H,6-7,12,15,22-23H2,1-5H3/b9-8+. The van der Waals surface area contributed by atoms with Crippen LogP contribution in [0.25, 0.3) is 0 Å². The van der Waals surface area contributed by atoms with Crippen LogP contribution in [0.3, 0.4) is 0 Å². The third-order valence-corrected chi connectivity index (χ3v) is 9.56. The number of benzene rings is 3. The highest BCUT2D eigenvalue weighted by Crippen LogP contribution is 2.41. The number of esters is 1. The molecule has 0 N–H and O–H groups in total. The van der Waals surface area contributed by atoms with Crippen molar-refractivity contribution in [1.29, 1.82) is 15.8 Å². The number of rotatable bonds is 16. The zero-order chi connectivity index (χ0) is 47.7. The van der Waals surface area contributed by atoms with Gasteiger partial charge in [0.2, 0.25) is 23.3 Å². The van der Waals surface area contributed by atoms with Crippen molar-refractivity contribution in [1.82, 2.24) is 4.90 Å². The average Bonchev–Trinajstić information content (AvgIpc) is 3.55. The van der Waals surface area contributed by atoms with Crippen LogP contribution in [-0.2, 0) is 22.7 Å². The Balaban J connectivity index is 1.47. The van der Waals surface area contributed by atoms with E-state index >= 15 is 0 Å². The Kier molecular flexibility index (Phi) is 15.3. The lowest BCUT2D eigenvalue weighted by Gasteiger charge is -2.21. The summed E-state index contributed by atoms with van der Waals surface area (Å²) in [5.41, 5.74) is -2.90. The maximum Gasteiger partial charge on any atom is 0.338 e. The molecule has 5 rings (SSSR count). The van der Waals surface area contributed by atoms with Gasteiger partial charge in [-0.3, -0.25) is 0 Å². The summed E-state index contributed by atoms with van der Waals surface area (Å²) in [6, 6.07) is 8.31. The molecule has 0 aromatic heterocycles. The van der Waals surface area contributed by atoms with E-state index in [9.17, 15) is 55.7 Å². The van der Waals surface area contributed by atoms with E-state index in [1.165, 1.54) is 13.8 Å². The van der Waals surface area contributed by atoms with Gasteiger partial charge in [0, 0.05) is 37.5 Å². The molecule has 0 bridgehead atoms. The molecule has 0 saturated carbocycles. The number of nitrogens with zero attached hydrogens (tertiary/aromatic N) is 4. The van der Waals surface area contributed by atoms with Gasteiger partial charge in [-0.1, -0.05) is 12.2 Å². The topological polar surface area (TPSA) is 147 Å². The van der Waals surface area contributed by atoms with Gasteiger partial charge in [-0.05, 0) is 63.1 Å². The first-order valence-electron chi connectivity index (χ1n) is 19.3. The van der Waals surface area contributed by atoms with Gasteiger partial charge in [-0.2, -0.15) is 33.3 Å². The molecule has 0 fully saturated rings. The molecule has 0 atom stereocenters. The van der Waals surface area contributed by atoms with Crippen LogP contribution in [0.1, 0.15) is 55.6 Å². The molecule has 19 heteroatoms. The van der Waals surface area contributed by atoms with E-state index in [1.54, 1.807) is 74.6 Å². The Bertz CT molecular complexity index is 2550. The van der Waals surface area contributed by atoms with Crippen molar-refractivity contribution >= 4 is 5.97 Å². The molecule has 0 aliphatic carbocycles. The van der Waals surface area contributed by atoms with Gasteiger partial charge >= 0.3 is 5.97 Å². The third kappa shape index (κ3) is 10.4. The summed E-state index contributed by atoms with van der Waals surface area (Å²) in [5.74, 6) is -19.6. The first kappa shape index (κ1) is 48.3. The summed E-state index contributed by atoms with van der Waals surface area (Å²) in [6.45, 7) is 2.53. The summed E-state index contributed by atoms with van der Waals surface area (Å²) in [4.78, 5) is 15.3. The molecule has 0 spiro atoms. The van der Waals surface area contributed by atoms with E-state index in [4.69, 9.17) is 18.9 Å². The molecule has 338 valence electrons. The number of carbonyl (C=O) groups is 1. The zero-order valence-corrected chi connectivity index (χ0v) is 35.1. The molecule has 2 aliphatic rings. The van der Waals surface area contributed by atoms with E-state index in [0.29, 0.717) is 16.7 Å². The zero-order valence-electron chi connectivity index (χ0n) is 35.1. The first-order valence-corrected chi connectivity index (χ1v) is 19.3. The maximum absolute atomic E-state index is 14.9. The number of nitriles is 3. The Labute approximate surface area is 367 Å². The van der Waals surface area contributed by atoms with Crippen LogP contribution in [0, 0.1) is 80.5 Å². The quantitative estimate of drug-likeness (QED) is 0.0586. The highest BCUT2D eigenvalue weighted by atomic mass is 19.2. The third-order valence-electron chi connectivity index (χ3n) is 9.56. The Morgan fingerprint density at radius 2 is 1.22 bits per heavy atom. The molecule has 3 aromatic rings. The second-order valence-electron chi connectivity index (χ2n) is 14.2. The SMILES string of the molecule is CCOc1c(F)c(F)c(COc2cc(OCc3c(F)c(F)c(OCC)c(F)c3F)cc(C(=O)OCCC(/C=C/C3=C(C#N)C(=C(C#N)C#N)OC3(C)C)=C3C=CN(C)C=C3)c2)c(F)c1F. The van der Waals surface area contributed by atoms with Crippen molar-refractivity contribution in [3.05, 3.63) is 152 Å². The van der Waals surface area contributed by atoms with Crippen LogP contribution in [0.4, 0.5) is 35.1 Å². The highest BCUT2D eigenvalue weighted by molar-refractivity contribution is 5.90. The molecule has 0 amide bonds. The average molecular weight is 909 g/mol. The van der Waals surface area contributed by atoms with Gasteiger partial charge in [0.05, 0.1) is 36.5 Å². The molecular formula is C46H36F8N4O7. The largest absolute Gasteiger partial charge is 0.489 e. The predicted octanol–water partition coefficient (Wildman–Crippen LogP) is 10.1. The van der Waals surface area contributed by atoms with Gasteiger partial charge in [0.15, 0.2) is 46.1 Å². The number of ether oxygens (including phenoxy) is 6. The van der Waals surface area contributed by atoms with Crippen LogP contribution < -0.4 is 18.9 Å². The van der Waals surface area contributed by atoms with Crippen molar-refractivity contribution in [2.45, 2.75) is 52.9 Å². The highest BCUT2D eigenvalue weighted by Gasteiger charge is 2.39. The van der Waals surface area contributed by atoms with Crippen molar-refractivity contribution in [2.75, 3.05) is 26.9 Å². The van der Waals surface area contributed by atoms with E-state index < -0.39 is 117 Å². The predicted molar refractivity (Wildman–Crippen MR) is 213 cm³/mol. The molecule has 2 aliphatic heterocycles. The summed E-state index contributed by atoms with van der Waals surface area (Å²) in [6.07, 6.45) is 10.2. The number of halogens is 8. The number of hydrogen-bond donors (Lipinski definition) is 0. The summed E-state index contributed by atoms with van der Waals surface area (Å²) in [5, 5.41) is 28.9. The molecule has 3 aromatic carbocycles. The van der Waals surface area contributed by atoms with Gasteiger partial charge in [0.25, 0.3) is 0 Å². The molecule has 2 heterocycles. The van der Waals surface area contributed by atoms with E-state index in [-0.39, 0.29) is 37.6 Å². The number of hydrogen-bond acceptors (Lipinski definition) is 11. The minimum atomic E-state index is -1.85. The Morgan fingerprint density at radius 1 is 0.738 bits per heavy atom. The molecule has 0 unspecified atom stereocenters. The van der Waals surface area contributed by atoms with Crippen molar-refractivity contribution in [2.24, 2.45) is 0 Å². The lowest BCUT2D eigenvalue weighted by Crippen LogP contribution is -2.20. The van der Waals surface area contributed by atoms with Crippen molar-refractivity contribution in [3.63, 3.8) is 0 Å². The van der Waals surface area contributed by atoms with Crippen LogP contribution in [0.5, 0.6) is 23.0 Å². The maximum atomic E-state index is 14.9. The second-order valence-corrected chi connectivity index (χ2v) is 14.2. The Hall–Kier alpha value is -7.72. The summed E-state index contributed by atoms with van der Waals surface area (Å²) >= 11 is 0. The molecule has 11 nitrogen and oxygen atoms in total. The lowest BCUT2D eigenvalue weighted by atomic mass is 9.93. The molecular weight excluding hydrogens is 873 g/mol. The van der Waals surface area contributed by atoms with Gasteiger partial charge < -0.3 is 33.3 Å². The molecule has 0 saturated heterocycles. The fourth-order valence-corrected chi connectivity index (χ4v) is 6.32. The Morgan fingerprint density at radius 3 is 1.65 bits per heavy atom. The number of allylic oxidation sites excluding steroid dienone is 6. The van der Waals surface area contributed by atoms with Crippen molar-refractivity contribution < 1.29 is 68.3 Å². The van der Waals surface area contributed by atoms with Gasteiger partial charge in [0.1, 0.15) is 54.1 Å². The number of carbonyl (C=O) groups excluding carboxylic acids is 1. The molecule has 0 radical (unpaired) electrons. The van der Waals surface area contributed by atoms with Crippen LogP contribution >= 0.6 is 0 Å². The minimum Gasteiger partial charge on any atom is -0.489 e. The van der Waals surface area contributed by atoms with Gasteiger partial charge in [-0.25, -0.2) is 22.4 Å². The van der Waals surface area contributed by atoms with Crippen LogP contribution in [0.15, 0.2) is 88.5 Å². The lowest BCUT2D eigenvalue weighted by molar-refractivity contribution is 0.0508. The monoisotopic (exact) mass is 908 g/mol. The summed E-state index contributed by atoms with van der Waals surface area (Å²) in [7, 11) is 1.78. The van der Waals surface area contributed by atoms with E-state index in [2.05, 4.69) is 9.47 Å². The second kappa shape index (κ2) is 20.6. The molecule has 65 heavy (non-hydrogen) atoms.